The standard InChI is InChI=1S/C9H13N.C2H6.I2/c1-7-5-3-4-6-9(7)8(2)10;2*1-2/h3-6,8H,10H2,1-2H3;1-2H3;. The molecule has 1 atom stereocenters. The van der Waals surface area contributed by atoms with E-state index < -0.39 is 0 Å². The van der Waals surface area contributed by atoms with Crippen LogP contribution in [0, 0.1) is 6.92 Å². The second-order valence-electron chi connectivity index (χ2n) is 2.65. The largest absolute Gasteiger partial charge is 0.324 e. The Bertz CT molecular complexity index is 224. The first-order valence-electron chi connectivity index (χ1n) is 4.67. The maximum atomic E-state index is 5.71. The van der Waals surface area contributed by atoms with E-state index in [0.29, 0.717) is 0 Å². The lowest BCUT2D eigenvalue weighted by Gasteiger charge is -2.07. The number of benzene rings is 1. The summed E-state index contributed by atoms with van der Waals surface area (Å²) < 4.78 is 0. The van der Waals surface area contributed by atoms with Gasteiger partial charge in [0.1, 0.15) is 0 Å². The van der Waals surface area contributed by atoms with Crippen LogP contribution in [0.25, 0.3) is 0 Å². The molecule has 1 nitrogen and oxygen atoms in total. The maximum Gasteiger partial charge on any atom is 0.0268 e. The molecule has 0 heterocycles. The van der Waals surface area contributed by atoms with Crippen LogP contribution in [0.15, 0.2) is 24.3 Å². The van der Waals surface area contributed by atoms with E-state index in [2.05, 4.69) is 56.3 Å². The van der Waals surface area contributed by atoms with Crippen molar-refractivity contribution in [3.05, 3.63) is 35.4 Å². The van der Waals surface area contributed by atoms with E-state index >= 15 is 0 Å². The van der Waals surface area contributed by atoms with Crippen LogP contribution in [-0.4, -0.2) is 0 Å². The number of hydrogen-bond donors (Lipinski definition) is 1. The number of hydrogen-bond acceptors (Lipinski definition) is 1. The Labute approximate surface area is 111 Å². The number of rotatable bonds is 1. The minimum Gasteiger partial charge on any atom is -0.324 e. The molecule has 0 aliphatic carbocycles. The van der Waals surface area contributed by atoms with Gasteiger partial charge in [-0.2, -0.15) is 0 Å². The lowest BCUT2D eigenvalue weighted by atomic mass is 10.0. The Hall–Kier alpha value is 0.640. The van der Waals surface area contributed by atoms with Gasteiger partial charge in [-0.1, -0.05) is 38.1 Å². The number of aryl methyl sites for hydroxylation is 1. The van der Waals surface area contributed by atoms with Gasteiger partial charge in [-0.3, -0.25) is 0 Å². The molecule has 1 unspecified atom stereocenters. The van der Waals surface area contributed by atoms with Crippen molar-refractivity contribution in [2.24, 2.45) is 5.73 Å². The molecule has 0 aliphatic heterocycles. The molecular formula is C11H19I2N. The molecule has 0 aromatic heterocycles. The zero-order valence-electron chi connectivity index (χ0n) is 9.22. The van der Waals surface area contributed by atoms with Crippen LogP contribution in [0.5, 0.6) is 0 Å². The van der Waals surface area contributed by atoms with Crippen molar-refractivity contribution in [3.63, 3.8) is 0 Å². The second-order valence-corrected chi connectivity index (χ2v) is 2.65. The van der Waals surface area contributed by atoms with E-state index in [-0.39, 0.29) is 6.04 Å². The molecule has 14 heavy (non-hydrogen) atoms. The van der Waals surface area contributed by atoms with Crippen molar-refractivity contribution in [1.82, 2.24) is 0 Å². The van der Waals surface area contributed by atoms with E-state index in [0.717, 1.165) is 0 Å². The molecular weight excluding hydrogens is 400 g/mol. The monoisotopic (exact) mass is 419 g/mol. The summed E-state index contributed by atoms with van der Waals surface area (Å²) in [4.78, 5) is 0. The lowest BCUT2D eigenvalue weighted by Crippen LogP contribution is -2.06. The molecule has 82 valence electrons. The fraction of sp³-hybridized carbons (Fsp3) is 0.455. The average Bonchev–Trinajstić information content (AvgIpc) is 2.24. The quantitative estimate of drug-likeness (QED) is 0.650. The van der Waals surface area contributed by atoms with E-state index in [1.54, 1.807) is 0 Å². The Morgan fingerprint density at radius 2 is 1.57 bits per heavy atom. The van der Waals surface area contributed by atoms with Crippen molar-refractivity contribution in [1.29, 1.82) is 0 Å². The fourth-order valence-electron chi connectivity index (χ4n) is 1.10. The minimum absolute atomic E-state index is 0.154. The normalized spacial score (nSPS) is 10.2. The first kappa shape index (κ1) is 17.0. The van der Waals surface area contributed by atoms with Crippen molar-refractivity contribution in [3.8, 4) is 0 Å². The van der Waals surface area contributed by atoms with E-state index in [4.69, 9.17) is 5.73 Å². The van der Waals surface area contributed by atoms with Gasteiger partial charge in [0.25, 0.3) is 0 Å². The Kier molecular flexibility index (Phi) is 14.3. The van der Waals surface area contributed by atoms with Gasteiger partial charge in [0.15, 0.2) is 0 Å². The molecule has 0 saturated carbocycles. The van der Waals surface area contributed by atoms with Gasteiger partial charge < -0.3 is 5.73 Å². The highest BCUT2D eigenvalue weighted by atomic mass is 128. The third kappa shape index (κ3) is 7.00. The summed E-state index contributed by atoms with van der Waals surface area (Å²) in [5.74, 6) is 0. The van der Waals surface area contributed by atoms with Crippen molar-refractivity contribution < 1.29 is 0 Å². The van der Waals surface area contributed by atoms with Crippen LogP contribution >= 0.6 is 37.2 Å². The second kappa shape index (κ2) is 11.7. The van der Waals surface area contributed by atoms with Crippen molar-refractivity contribution >= 4 is 37.2 Å². The van der Waals surface area contributed by atoms with E-state index in [1.165, 1.54) is 11.1 Å². The fourth-order valence-corrected chi connectivity index (χ4v) is 1.10. The van der Waals surface area contributed by atoms with Crippen LogP contribution in [0.3, 0.4) is 0 Å². The van der Waals surface area contributed by atoms with Gasteiger partial charge in [0.05, 0.1) is 0 Å². The molecule has 0 saturated heterocycles. The van der Waals surface area contributed by atoms with E-state index in [1.807, 2.05) is 32.9 Å². The van der Waals surface area contributed by atoms with Crippen LogP contribution in [-0.2, 0) is 0 Å². The van der Waals surface area contributed by atoms with Crippen LogP contribution < -0.4 is 5.73 Å². The summed E-state index contributed by atoms with van der Waals surface area (Å²) in [6.45, 7) is 8.08. The molecule has 1 rings (SSSR count). The molecule has 0 bridgehead atoms. The van der Waals surface area contributed by atoms with Gasteiger partial charge in [-0.25, -0.2) is 0 Å². The van der Waals surface area contributed by atoms with Gasteiger partial charge in [-0.05, 0) is 25.0 Å². The van der Waals surface area contributed by atoms with Gasteiger partial charge in [0, 0.05) is 43.3 Å². The molecule has 0 spiro atoms. The SMILES string of the molecule is CC.Cc1ccccc1C(C)N.II. The third-order valence-corrected chi connectivity index (χ3v) is 1.68. The molecule has 0 aliphatic rings. The summed E-state index contributed by atoms with van der Waals surface area (Å²) in [6.07, 6.45) is 0. The predicted molar refractivity (Wildman–Crippen MR) is 83.2 cm³/mol. The minimum atomic E-state index is 0.154. The van der Waals surface area contributed by atoms with E-state index in [9.17, 15) is 0 Å². The average molecular weight is 419 g/mol. The van der Waals surface area contributed by atoms with Gasteiger partial charge in [0.2, 0.25) is 0 Å². The third-order valence-electron chi connectivity index (χ3n) is 1.68. The van der Waals surface area contributed by atoms with Crippen molar-refractivity contribution in [2.45, 2.75) is 33.7 Å². The summed E-state index contributed by atoms with van der Waals surface area (Å²) >= 11 is 4.24. The van der Waals surface area contributed by atoms with Crippen LogP contribution in [0.4, 0.5) is 0 Å². The number of nitrogens with two attached hydrogens (primary N) is 1. The van der Waals surface area contributed by atoms with Gasteiger partial charge in [-0.15, -0.1) is 0 Å². The zero-order valence-corrected chi connectivity index (χ0v) is 13.5. The topological polar surface area (TPSA) is 26.0 Å². The highest BCUT2D eigenvalue weighted by Gasteiger charge is 1.99. The predicted octanol–water partition coefficient (Wildman–Crippen LogP) is 4.81. The molecule has 2 N–H and O–H groups in total. The Balaban J connectivity index is 0. The van der Waals surface area contributed by atoms with Gasteiger partial charge >= 0.3 is 0 Å². The first-order valence-corrected chi connectivity index (χ1v) is 11.0. The highest BCUT2D eigenvalue weighted by molar-refractivity contribution is 15.0. The smallest absolute Gasteiger partial charge is 0.0268 e. The number of halogens is 2. The molecule has 0 amide bonds. The Morgan fingerprint density at radius 3 is 1.86 bits per heavy atom. The summed E-state index contributed by atoms with van der Waals surface area (Å²) in [5.41, 5.74) is 8.23. The van der Waals surface area contributed by atoms with Crippen LogP contribution in [0.1, 0.15) is 37.9 Å². The Morgan fingerprint density at radius 1 is 1.14 bits per heavy atom. The zero-order chi connectivity index (χ0) is 11.6. The molecule has 1 aromatic carbocycles. The summed E-state index contributed by atoms with van der Waals surface area (Å²) in [6, 6.07) is 8.35. The summed E-state index contributed by atoms with van der Waals surface area (Å²) in [5, 5.41) is 0. The molecule has 3 heteroatoms. The molecule has 1 aromatic rings. The highest BCUT2D eigenvalue weighted by Crippen LogP contribution is 2.13. The molecule has 0 radical (unpaired) electrons. The maximum absolute atomic E-state index is 5.71. The first-order chi connectivity index (χ1) is 6.72. The molecule has 0 fully saturated rings. The van der Waals surface area contributed by atoms with Crippen molar-refractivity contribution in [2.75, 3.05) is 0 Å². The summed E-state index contributed by atoms with van der Waals surface area (Å²) in [7, 11) is 0. The lowest BCUT2D eigenvalue weighted by molar-refractivity contribution is 0.810. The van der Waals surface area contributed by atoms with Crippen LogP contribution in [0.2, 0.25) is 0 Å².